The quantitative estimate of drug-likeness (QED) is 0.512. The van der Waals surface area contributed by atoms with Gasteiger partial charge in [-0.25, -0.2) is 8.42 Å². The number of carbonyl (C=O) groups excluding carboxylic acids is 1. The van der Waals surface area contributed by atoms with Gasteiger partial charge in [-0.2, -0.15) is 4.72 Å². The van der Waals surface area contributed by atoms with Crippen molar-refractivity contribution in [1.82, 2.24) is 4.72 Å². The Kier molecular flexibility index (Phi) is 7.07. The van der Waals surface area contributed by atoms with Crippen LogP contribution in [0.4, 0.5) is 5.69 Å². The van der Waals surface area contributed by atoms with E-state index in [1.165, 1.54) is 12.1 Å². The second-order valence-corrected chi connectivity index (χ2v) is 9.75. The molecule has 0 fully saturated rings. The Labute approximate surface area is 185 Å². The van der Waals surface area contributed by atoms with E-state index in [0.29, 0.717) is 5.69 Å². The summed E-state index contributed by atoms with van der Waals surface area (Å²) >= 11 is 3.30. The van der Waals surface area contributed by atoms with Crippen molar-refractivity contribution < 1.29 is 13.2 Å². The number of halogens is 1. The van der Waals surface area contributed by atoms with Crippen molar-refractivity contribution >= 4 is 37.5 Å². The molecule has 5 nitrogen and oxygen atoms in total. The van der Waals surface area contributed by atoms with Crippen molar-refractivity contribution in [2.45, 2.75) is 31.2 Å². The molecule has 0 radical (unpaired) electrons. The minimum atomic E-state index is -3.88. The highest BCUT2D eigenvalue weighted by atomic mass is 79.9. The van der Waals surface area contributed by atoms with Crippen LogP contribution in [0, 0.1) is 13.8 Å². The molecule has 156 valence electrons. The Balaban J connectivity index is 1.88. The van der Waals surface area contributed by atoms with E-state index in [2.05, 4.69) is 26.0 Å². The van der Waals surface area contributed by atoms with Crippen molar-refractivity contribution in [3.63, 3.8) is 0 Å². The number of benzene rings is 3. The summed E-state index contributed by atoms with van der Waals surface area (Å²) in [6.07, 6.45) is 0.229. The highest BCUT2D eigenvalue weighted by Gasteiger charge is 2.26. The molecule has 3 aromatic carbocycles. The summed E-state index contributed by atoms with van der Waals surface area (Å²) in [6, 6.07) is 20.4. The average molecular weight is 487 g/mol. The monoisotopic (exact) mass is 486 g/mol. The van der Waals surface area contributed by atoms with Crippen LogP contribution in [-0.4, -0.2) is 20.4 Å². The predicted octanol–water partition coefficient (Wildman–Crippen LogP) is 4.59. The summed E-state index contributed by atoms with van der Waals surface area (Å²) in [5.41, 5.74) is 3.44. The second-order valence-electron chi connectivity index (χ2n) is 7.13. The summed E-state index contributed by atoms with van der Waals surface area (Å²) in [5.74, 6) is -0.409. The fourth-order valence-electron chi connectivity index (χ4n) is 3.00. The van der Waals surface area contributed by atoms with Gasteiger partial charge in [0.15, 0.2) is 0 Å². The minimum Gasteiger partial charge on any atom is -0.324 e. The molecule has 1 atom stereocenters. The lowest BCUT2D eigenvalue weighted by Crippen LogP contribution is -2.45. The summed E-state index contributed by atoms with van der Waals surface area (Å²) in [7, 11) is -3.88. The number of hydrogen-bond acceptors (Lipinski definition) is 3. The minimum absolute atomic E-state index is 0.100. The van der Waals surface area contributed by atoms with Crippen LogP contribution >= 0.6 is 15.9 Å². The Morgan fingerprint density at radius 3 is 2.30 bits per heavy atom. The van der Waals surface area contributed by atoms with Gasteiger partial charge in [-0.05, 0) is 67.3 Å². The standard InChI is InChI=1S/C23H23BrN2O3S/c1-16-8-9-17(2)21(14-16)25-23(27)22(15-18-6-4-3-5-7-18)26-30(28,29)20-12-10-19(24)11-13-20/h3-14,22,26H,15H2,1-2H3,(H,25,27)/t22-/m0/s1. The van der Waals surface area contributed by atoms with Gasteiger partial charge in [0.1, 0.15) is 6.04 Å². The normalized spacial score (nSPS) is 12.4. The van der Waals surface area contributed by atoms with Crippen molar-refractivity contribution in [2.24, 2.45) is 0 Å². The topological polar surface area (TPSA) is 75.3 Å². The number of hydrogen-bond donors (Lipinski definition) is 2. The highest BCUT2D eigenvalue weighted by molar-refractivity contribution is 9.10. The Morgan fingerprint density at radius 2 is 1.63 bits per heavy atom. The van der Waals surface area contributed by atoms with Gasteiger partial charge in [0.2, 0.25) is 15.9 Å². The van der Waals surface area contributed by atoms with Crippen LogP contribution < -0.4 is 10.0 Å². The smallest absolute Gasteiger partial charge is 0.242 e. The van der Waals surface area contributed by atoms with Gasteiger partial charge in [0.05, 0.1) is 4.90 Å². The average Bonchev–Trinajstić information content (AvgIpc) is 2.71. The molecule has 3 aromatic rings. The van der Waals surface area contributed by atoms with E-state index in [-0.39, 0.29) is 11.3 Å². The molecule has 0 saturated carbocycles. The zero-order valence-electron chi connectivity index (χ0n) is 16.7. The Hall–Kier alpha value is -2.48. The number of aryl methyl sites for hydroxylation is 2. The third-order valence-corrected chi connectivity index (χ3v) is 6.69. The lowest BCUT2D eigenvalue weighted by atomic mass is 10.1. The van der Waals surface area contributed by atoms with E-state index in [9.17, 15) is 13.2 Å². The lowest BCUT2D eigenvalue weighted by molar-refractivity contribution is -0.117. The summed E-state index contributed by atoms with van der Waals surface area (Å²) < 4.78 is 29.2. The van der Waals surface area contributed by atoms with Gasteiger partial charge in [0, 0.05) is 10.2 Å². The summed E-state index contributed by atoms with van der Waals surface area (Å²) in [4.78, 5) is 13.2. The summed E-state index contributed by atoms with van der Waals surface area (Å²) in [6.45, 7) is 3.83. The second kappa shape index (κ2) is 9.55. The van der Waals surface area contributed by atoms with Crippen molar-refractivity contribution in [3.05, 3.63) is 94.0 Å². The molecule has 0 spiro atoms. The van der Waals surface area contributed by atoms with Crippen molar-refractivity contribution in [2.75, 3.05) is 5.32 Å². The maximum atomic E-state index is 13.1. The number of nitrogens with one attached hydrogen (secondary N) is 2. The first-order valence-corrected chi connectivity index (χ1v) is 11.7. The molecule has 3 rings (SSSR count). The molecule has 0 aliphatic heterocycles. The van der Waals surface area contributed by atoms with E-state index < -0.39 is 22.0 Å². The van der Waals surface area contributed by atoms with Gasteiger partial charge in [0.25, 0.3) is 0 Å². The number of sulfonamides is 1. The van der Waals surface area contributed by atoms with Gasteiger partial charge >= 0.3 is 0 Å². The number of anilines is 1. The molecule has 0 unspecified atom stereocenters. The Bertz CT molecular complexity index is 1130. The Morgan fingerprint density at radius 1 is 0.967 bits per heavy atom. The van der Waals surface area contributed by atoms with Crippen LogP contribution in [0.25, 0.3) is 0 Å². The molecule has 0 aromatic heterocycles. The molecule has 0 saturated heterocycles. The molecule has 7 heteroatoms. The van der Waals surface area contributed by atoms with Crippen LogP contribution in [0.5, 0.6) is 0 Å². The molecule has 30 heavy (non-hydrogen) atoms. The third-order valence-electron chi connectivity index (χ3n) is 4.67. The predicted molar refractivity (Wildman–Crippen MR) is 123 cm³/mol. The first-order valence-electron chi connectivity index (χ1n) is 9.44. The maximum absolute atomic E-state index is 13.1. The maximum Gasteiger partial charge on any atom is 0.242 e. The molecule has 0 heterocycles. The van der Waals surface area contributed by atoms with Gasteiger partial charge in [-0.15, -0.1) is 0 Å². The van der Waals surface area contributed by atoms with E-state index in [1.807, 2.05) is 62.4 Å². The van der Waals surface area contributed by atoms with Crippen LogP contribution in [0.15, 0.2) is 82.2 Å². The zero-order chi connectivity index (χ0) is 21.7. The van der Waals surface area contributed by atoms with Crippen LogP contribution in [0.2, 0.25) is 0 Å². The molecular formula is C23H23BrN2O3S. The summed E-state index contributed by atoms with van der Waals surface area (Å²) in [5, 5.41) is 2.88. The van der Waals surface area contributed by atoms with E-state index in [0.717, 1.165) is 21.2 Å². The number of rotatable bonds is 7. The first-order chi connectivity index (χ1) is 14.2. The van der Waals surface area contributed by atoms with Gasteiger partial charge in [-0.3, -0.25) is 4.79 Å². The molecular weight excluding hydrogens is 464 g/mol. The fourth-order valence-corrected chi connectivity index (χ4v) is 4.46. The van der Waals surface area contributed by atoms with Gasteiger partial charge in [-0.1, -0.05) is 58.4 Å². The van der Waals surface area contributed by atoms with Crippen LogP contribution in [-0.2, 0) is 21.2 Å². The zero-order valence-corrected chi connectivity index (χ0v) is 19.1. The van der Waals surface area contributed by atoms with Crippen molar-refractivity contribution in [1.29, 1.82) is 0 Å². The molecule has 2 N–H and O–H groups in total. The third kappa shape index (κ3) is 5.78. The van der Waals surface area contributed by atoms with Crippen LogP contribution in [0.1, 0.15) is 16.7 Å². The SMILES string of the molecule is Cc1ccc(C)c(NC(=O)[C@H](Cc2ccccc2)NS(=O)(=O)c2ccc(Br)cc2)c1. The molecule has 0 aliphatic carbocycles. The van der Waals surface area contributed by atoms with E-state index in [1.54, 1.807) is 12.1 Å². The highest BCUT2D eigenvalue weighted by Crippen LogP contribution is 2.19. The first kappa shape index (κ1) is 22.2. The van der Waals surface area contributed by atoms with Crippen LogP contribution in [0.3, 0.4) is 0 Å². The number of amides is 1. The lowest BCUT2D eigenvalue weighted by Gasteiger charge is -2.20. The van der Waals surface area contributed by atoms with E-state index >= 15 is 0 Å². The number of carbonyl (C=O) groups is 1. The van der Waals surface area contributed by atoms with E-state index in [4.69, 9.17) is 0 Å². The van der Waals surface area contributed by atoms with Gasteiger partial charge < -0.3 is 5.32 Å². The molecule has 0 aliphatic rings. The largest absolute Gasteiger partial charge is 0.324 e. The molecule has 0 bridgehead atoms. The fraction of sp³-hybridized carbons (Fsp3) is 0.174. The molecule has 1 amide bonds. The van der Waals surface area contributed by atoms with Crippen molar-refractivity contribution in [3.8, 4) is 0 Å².